The molecule has 0 heterocycles. The molecule has 0 radical (unpaired) electrons. The molecule has 0 spiro atoms. The number of hydrogen-bond acceptors (Lipinski definition) is 4. The number of rotatable bonds is 4. The molecular formula is C15H17F3N2O4. The lowest BCUT2D eigenvalue weighted by Gasteiger charge is -2.18. The third-order valence-electron chi connectivity index (χ3n) is 3.74. The van der Waals surface area contributed by atoms with Gasteiger partial charge in [-0.05, 0) is 31.7 Å². The van der Waals surface area contributed by atoms with Gasteiger partial charge in [-0.2, -0.15) is 13.2 Å². The third-order valence-corrected chi connectivity index (χ3v) is 3.74. The van der Waals surface area contributed by atoms with E-state index in [1.807, 2.05) is 5.32 Å². The van der Waals surface area contributed by atoms with Crippen LogP contribution in [0.2, 0.25) is 0 Å². The minimum absolute atomic E-state index is 0.325. The number of benzene rings is 1. The van der Waals surface area contributed by atoms with E-state index in [0.29, 0.717) is 18.5 Å². The van der Waals surface area contributed by atoms with Gasteiger partial charge in [0.15, 0.2) is 11.5 Å². The summed E-state index contributed by atoms with van der Waals surface area (Å²) in [7, 11) is 1.10. The van der Waals surface area contributed by atoms with Gasteiger partial charge in [-0.3, -0.25) is 10.1 Å². The highest BCUT2D eigenvalue weighted by molar-refractivity contribution is 6.06. The average Bonchev–Trinajstić information content (AvgIpc) is 3.30. The van der Waals surface area contributed by atoms with Crippen molar-refractivity contribution in [3.05, 3.63) is 22.8 Å². The number of ether oxygens (including phenoxy) is 1. The van der Waals surface area contributed by atoms with E-state index in [4.69, 9.17) is 0 Å². The number of methoxy groups -OCH3 is 1. The lowest BCUT2D eigenvalue weighted by atomic mass is 9.99. The van der Waals surface area contributed by atoms with Crippen LogP contribution >= 0.6 is 0 Å². The average molecular weight is 346 g/mol. The van der Waals surface area contributed by atoms with Crippen molar-refractivity contribution in [1.82, 2.24) is 10.6 Å². The van der Waals surface area contributed by atoms with Gasteiger partial charge >= 0.3 is 12.2 Å². The molecule has 0 unspecified atom stereocenters. The minimum Gasteiger partial charge on any atom is -0.504 e. The molecule has 24 heavy (non-hydrogen) atoms. The molecule has 0 atom stereocenters. The predicted octanol–water partition coefficient (Wildman–Crippen LogP) is 2.58. The van der Waals surface area contributed by atoms with Crippen LogP contribution in [-0.4, -0.2) is 30.7 Å². The number of halogens is 3. The molecule has 1 fully saturated rings. The number of urea groups is 1. The summed E-state index contributed by atoms with van der Waals surface area (Å²) in [5, 5.41) is 14.1. The van der Waals surface area contributed by atoms with E-state index in [1.165, 1.54) is 0 Å². The van der Waals surface area contributed by atoms with Gasteiger partial charge in [0.2, 0.25) is 0 Å². The number of hydrogen-bond donors (Lipinski definition) is 3. The number of alkyl halides is 3. The summed E-state index contributed by atoms with van der Waals surface area (Å²) >= 11 is 0. The van der Waals surface area contributed by atoms with Gasteiger partial charge in [0.1, 0.15) is 0 Å². The number of amides is 3. The molecular weight excluding hydrogens is 329 g/mol. The highest BCUT2D eigenvalue weighted by Crippen LogP contribution is 2.41. The van der Waals surface area contributed by atoms with Crippen molar-refractivity contribution in [2.24, 2.45) is 5.92 Å². The zero-order chi connectivity index (χ0) is 18.1. The number of imide groups is 1. The van der Waals surface area contributed by atoms with Crippen molar-refractivity contribution in [1.29, 1.82) is 0 Å². The number of nitrogens with one attached hydrogen (secondary N) is 2. The molecule has 0 saturated heterocycles. The molecule has 2 rings (SSSR count). The largest absolute Gasteiger partial charge is 0.504 e. The minimum atomic E-state index is -4.86. The van der Waals surface area contributed by atoms with Crippen molar-refractivity contribution in [3.8, 4) is 11.5 Å². The van der Waals surface area contributed by atoms with E-state index in [9.17, 15) is 27.9 Å². The fraction of sp³-hybridized carbons (Fsp3) is 0.467. The molecule has 1 aliphatic carbocycles. The number of carbonyl (C=O) groups excluding carboxylic acids is 2. The zero-order valence-corrected chi connectivity index (χ0v) is 13.1. The van der Waals surface area contributed by atoms with Crippen LogP contribution in [0.4, 0.5) is 18.0 Å². The quantitative estimate of drug-likeness (QED) is 0.782. The van der Waals surface area contributed by atoms with Crippen LogP contribution in [0, 0.1) is 12.8 Å². The summed E-state index contributed by atoms with van der Waals surface area (Å²) in [4.78, 5) is 23.8. The number of carbonyl (C=O) groups is 2. The van der Waals surface area contributed by atoms with Gasteiger partial charge in [0.25, 0.3) is 5.91 Å². The molecule has 1 saturated carbocycles. The van der Waals surface area contributed by atoms with E-state index >= 15 is 0 Å². The Morgan fingerprint density at radius 3 is 2.50 bits per heavy atom. The summed E-state index contributed by atoms with van der Waals surface area (Å²) in [6, 6.07) is -0.353. The van der Waals surface area contributed by atoms with E-state index in [-0.39, 0.29) is 5.56 Å². The molecule has 0 aliphatic heterocycles. The van der Waals surface area contributed by atoms with Gasteiger partial charge in [0, 0.05) is 12.1 Å². The van der Waals surface area contributed by atoms with Crippen LogP contribution in [0.1, 0.15) is 34.3 Å². The maximum Gasteiger partial charge on any atom is 0.417 e. The molecule has 1 aromatic carbocycles. The Morgan fingerprint density at radius 1 is 1.38 bits per heavy atom. The second kappa shape index (κ2) is 6.58. The highest BCUT2D eigenvalue weighted by Gasteiger charge is 2.38. The molecule has 132 valence electrons. The van der Waals surface area contributed by atoms with Crippen LogP contribution in [-0.2, 0) is 6.18 Å². The molecule has 1 aliphatic rings. The van der Waals surface area contributed by atoms with Gasteiger partial charge in [0.05, 0.1) is 18.2 Å². The summed E-state index contributed by atoms with van der Waals surface area (Å²) in [6.45, 7) is 1.50. The van der Waals surface area contributed by atoms with Crippen molar-refractivity contribution in [2.45, 2.75) is 25.9 Å². The maximum absolute atomic E-state index is 13.2. The Kier molecular flexibility index (Phi) is 4.91. The topological polar surface area (TPSA) is 87.7 Å². The van der Waals surface area contributed by atoms with Gasteiger partial charge in [-0.1, -0.05) is 0 Å². The standard InChI is InChI=1S/C15H17F3N2O4/c1-7-11(13(22)20-14(23)19-6-8-3-4-8)9(15(16,17)18)5-10(24-2)12(7)21/h5,8,21H,3-4,6H2,1-2H3,(H2,19,20,22,23). The Hall–Kier alpha value is -2.45. The predicted molar refractivity (Wildman–Crippen MR) is 78.0 cm³/mol. The van der Waals surface area contributed by atoms with Crippen LogP contribution in [0.25, 0.3) is 0 Å². The first-order valence-electron chi connectivity index (χ1n) is 7.22. The molecule has 3 N–H and O–H groups in total. The molecule has 1 aromatic rings. The fourth-order valence-electron chi connectivity index (χ4n) is 2.22. The highest BCUT2D eigenvalue weighted by atomic mass is 19.4. The van der Waals surface area contributed by atoms with E-state index in [1.54, 1.807) is 0 Å². The number of phenolic OH excluding ortho intramolecular Hbond substituents is 1. The van der Waals surface area contributed by atoms with Crippen molar-refractivity contribution in [2.75, 3.05) is 13.7 Å². The van der Waals surface area contributed by atoms with Crippen molar-refractivity contribution in [3.63, 3.8) is 0 Å². The summed E-state index contributed by atoms with van der Waals surface area (Å²) < 4.78 is 44.3. The SMILES string of the molecule is COc1cc(C(F)(F)F)c(C(=O)NC(=O)NCC2CC2)c(C)c1O. The van der Waals surface area contributed by atoms with E-state index in [2.05, 4.69) is 10.1 Å². The second-order valence-corrected chi connectivity index (χ2v) is 5.58. The van der Waals surface area contributed by atoms with Crippen molar-refractivity contribution >= 4 is 11.9 Å². The first kappa shape index (κ1) is 17.9. The first-order valence-corrected chi connectivity index (χ1v) is 7.22. The van der Waals surface area contributed by atoms with Gasteiger partial charge < -0.3 is 15.2 Å². The Labute approximate surface area is 136 Å². The van der Waals surface area contributed by atoms with E-state index in [0.717, 1.165) is 26.9 Å². The number of aromatic hydroxyl groups is 1. The summed E-state index contributed by atoms with van der Waals surface area (Å²) in [5.74, 6) is -1.89. The smallest absolute Gasteiger partial charge is 0.417 e. The Balaban J connectivity index is 2.30. The fourth-order valence-corrected chi connectivity index (χ4v) is 2.22. The Morgan fingerprint density at radius 2 is 2.00 bits per heavy atom. The normalized spacial score (nSPS) is 14.2. The zero-order valence-electron chi connectivity index (χ0n) is 13.1. The molecule has 0 bridgehead atoms. The Bertz CT molecular complexity index is 670. The summed E-state index contributed by atoms with van der Waals surface area (Å²) in [5.41, 5.74) is -2.43. The van der Waals surface area contributed by atoms with Crippen LogP contribution in [0.15, 0.2) is 6.07 Å². The van der Waals surface area contributed by atoms with Gasteiger partial charge in [-0.25, -0.2) is 4.79 Å². The second-order valence-electron chi connectivity index (χ2n) is 5.58. The van der Waals surface area contributed by atoms with Crippen LogP contribution in [0.5, 0.6) is 11.5 Å². The maximum atomic E-state index is 13.2. The third kappa shape index (κ3) is 3.90. The molecule has 9 heteroatoms. The molecule has 6 nitrogen and oxygen atoms in total. The van der Waals surface area contributed by atoms with Gasteiger partial charge in [-0.15, -0.1) is 0 Å². The number of phenols is 1. The monoisotopic (exact) mass is 346 g/mol. The first-order chi connectivity index (χ1) is 11.1. The lowest BCUT2D eigenvalue weighted by Crippen LogP contribution is -2.41. The lowest BCUT2D eigenvalue weighted by molar-refractivity contribution is -0.138. The van der Waals surface area contributed by atoms with Crippen LogP contribution < -0.4 is 15.4 Å². The van der Waals surface area contributed by atoms with Crippen LogP contribution in [0.3, 0.4) is 0 Å². The molecule has 3 amide bonds. The summed E-state index contributed by atoms with van der Waals surface area (Å²) in [6.07, 6.45) is -2.92. The van der Waals surface area contributed by atoms with Crippen molar-refractivity contribution < 1.29 is 32.6 Å². The molecule has 0 aromatic heterocycles. The van der Waals surface area contributed by atoms with E-state index < -0.39 is 40.7 Å².